The quantitative estimate of drug-likeness (QED) is 0.840. The van der Waals surface area contributed by atoms with Gasteiger partial charge in [-0.2, -0.15) is 0 Å². The van der Waals surface area contributed by atoms with Gasteiger partial charge in [-0.1, -0.05) is 40.2 Å². The van der Waals surface area contributed by atoms with Gasteiger partial charge >= 0.3 is 0 Å². The first kappa shape index (κ1) is 16.1. The Morgan fingerprint density at radius 1 is 1.19 bits per heavy atom. The lowest BCUT2D eigenvalue weighted by Crippen LogP contribution is -2.20. The Morgan fingerprint density at radius 3 is 2.62 bits per heavy atom. The summed E-state index contributed by atoms with van der Waals surface area (Å²) in [5, 5.41) is 3.32. The summed E-state index contributed by atoms with van der Waals surface area (Å²) in [5.41, 5.74) is 4.02. The molecular weight excluding hydrogens is 326 g/mol. The molecule has 2 nitrogen and oxygen atoms in total. The number of likely N-dealkylation sites (N-methyl/N-ethyl adjacent to an activating group) is 1. The zero-order chi connectivity index (χ0) is 15.2. The number of methoxy groups -OCH3 is 1. The van der Waals surface area contributed by atoms with E-state index in [1.165, 1.54) is 16.7 Å². The molecule has 0 aliphatic heterocycles. The van der Waals surface area contributed by atoms with Gasteiger partial charge in [0.05, 0.1) is 7.11 Å². The predicted molar refractivity (Wildman–Crippen MR) is 92.2 cm³/mol. The van der Waals surface area contributed by atoms with E-state index in [9.17, 15) is 0 Å². The second-order valence-corrected chi connectivity index (χ2v) is 6.13. The smallest absolute Gasteiger partial charge is 0.119 e. The van der Waals surface area contributed by atoms with E-state index in [4.69, 9.17) is 4.74 Å². The van der Waals surface area contributed by atoms with E-state index in [1.807, 2.05) is 13.1 Å². The van der Waals surface area contributed by atoms with Crippen LogP contribution in [-0.4, -0.2) is 20.7 Å². The molecule has 1 N–H and O–H groups in total. The van der Waals surface area contributed by atoms with Crippen molar-refractivity contribution in [3.05, 3.63) is 63.6 Å². The number of hydrogen-bond donors (Lipinski definition) is 1. The van der Waals surface area contributed by atoms with Crippen molar-refractivity contribution in [2.75, 3.05) is 20.7 Å². The largest absolute Gasteiger partial charge is 0.497 e. The van der Waals surface area contributed by atoms with E-state index in [0.717, 1.165) is 23.2 Å². The molecule has 0 saturated heterocycles. The third kappa shape index (κ3) is 4.08. The average molecular weight is 348 g/mol. The van der Waals surface area contributed by atoms with Crippen LogP contribution in [0.15, 0.2) is 46.9 Å². The lowest BCUT2D eigenvalue weighted by Gasteiger charge is -2.20. The number of ether oxygens (including phenoxy) is 1. The molecule has 2 rings (SSSR count). The van der Waals surface area contributed by atoms with Crippen LogP contribution in [0.25, 0.3) is 0 Å². The zero-order valence-corrected chi connectivity index (χ0v) is 14.4. The van der Waals surface area contributed by atoms with Gasteiger partial charge in [0.2, 0.25) is 0 Å². The van der Waals surface area contributed by atoms with Crippen LogP contribution in [0.1, 0.15) is 22.6 Å². The summed E-state index contributed by atoms with van der Waals surface area (Å²) < 4.78 is 6.48. The Kier molecular flexibility index (Phi) is 5.83. The number of rotatable bonds is 6. The summed E-state index contributed by atoms with van der Waals surface area (Å²) in [6, 6.07) is 14.8. The first-order valence-electron chi connectivity index (χ1n) is 7.18. The average Bonchev–Trinajstić information content (AvgIpc) is 2.49. The maximum absolute atomic E-state index is 5.34. The van der Waals surface area contributed by atoms with E-state index >= 15 is 0 Å². The van der Waals surface area contributed by atoms with Crippen molar-refractivity contribution >= 4 is 15.9 Å². The minimum Gasteiger partial charge on any atom is -0.497 e. The second kappa shape index (κ2) is 7.62. The Morgan fingerprint density at radius 2 is 1.95 bits per heavy atom. The molecule has 3 heteroatoms. The van der Waals surface area contributed by atoms with Crippen LogP contribution in [-0.2, 0) is 6.42 Å². The Balaban J connectivity index is 2.30. The number of halogens is 1. The number of aryl methyl sites for hydroxylation is 1. The standard InChI is InChI=1S/C18H22BrNO/c1-13-6-4-5-7-17(13)15(12-20-2)10-14-11-16(21-3)8-9-18(14)19/h4-9,11,15,20H,10,12H2,1-3H3. The molecule has 0 spiro atoms. The molecule has 2 aromatic rings. The maximum Gasteiger partial charge on any atom is 0.119 e. The van der Waals surface area contributed by atoms with Crippen molar-refractivity contribution in [1.82, 2.24) is 5.32 Å². The molecule has 0 aliphatic carbocycles. The summed E-state index contributed by atoms with van der Waals surface area (Å²) in [6.45, 7) is 3.13. The minimum atomic E-state index is 0.444. The molecule has 2 aromatic carbocycles. The van der Waals surface area contributed by atoms with Gasteiger partial charge in [0.1, 0.15) is 5.75 Å². The van der Waals surface area contributed by atoms with Gasteiger partial charge in [-0.05, 0) is 55.3 Å². The van der Waals surface area contributed by atoms with Gasteiger partial charge in [-0.3, -0.25) is 0 Å². The van der Waals surface area contributed by atoms with E-state index in [2.05, 4.69) is 64.6 Å². The molecule has 0 heterocycles. The fraction of sp³-hybridized carbons (Fsp3) is 0.333. The number of benzene rings is 2. The third-order valence-electron chi connectivity index (χ3n) is 3.80. The topological polar surface area (TPSA) is 21.3 Å². The van der Waals surface area contributed by atoms with E-state index in [-0.39, 0.29) is 0 Å². The molecule has 0 amide bonds. The number of nitrogens with one attached hydrogen (secondary N) is 1. The third-order valence-corrected chi connectivity index (χ3v) is 4.57. The highest BCUT2D eigenvalue weighted by molar-refractivity contribution is 9.10. The monoisotopic (exact) mass is 347 g/mol. The fourth-order valence-corrected chi connectivity index (χ4v) is 3.09. The molecule has 0 bridgehead atoms. The summed E-state index contributed by atoms with van der Waals surface area (Å²) >= 11 is 3.65. The zero-order valence-electron chi connectivity index (χ0n) is 12.8. The van der Waals surface area contributed by atoms with E-state index in [1.54, 1.807) is 7.11 Å². The van der Waals surface area contributed by atoms with Crippen LogP contribution in [0.3, 0.4) is 0 Å². The molecule has 0 radical (unpaired) electrons. The Hall–Kier alpha value is -1.32. The van der Waals surface area contributed by atoms with Crippen molar-refractivity contribution in [2.24, 2.45) is 0 Å². The summed E-state index contributed by atoms with van der Waals surface area (Å²) in [6.07, 6.45) is 0.976. The van der Waals surface area contributed by atoms with E-state index < -0.39 is 0 Å². The molecule has 0 fully saturated rings. The predicted octanol–water partition coefficient (Wildman–Crippen LogP) is 4.31. The van der Waals surface area contributed by atoms with Gasteiger partial charge in [0.25, 0.3) is 0 Å². The van der Waals surface area contributed by atoms with Crippen LogP contribution in [0, 0.1) is 6.92 Å². The highest BCUT2D eigenvalue weighted by atomic mass is 79.9. The van der Waals surface area contributed by atoms with Gasteiger partial charge in [-0.25, -0.2) is 0 Å². The van der Waals surface area contributed by atoms with Gasteiger partial charge in [0.15, 0.2) is 0 Å². The SMILES string of the molecule is CNCC(Cc1cc(OC)ccc1Br)c1ccccc1C. The lowest BCUT2D eigenvalue weighted by atomic mass is 9.89. The van der Waals surface area contributed by atoms with Gasteiger partial charge in [0, 0.05) is 16.9 Å². The first-order valence-corrected chi connectivity index (χ1v) is 7.97. The minimum absolute atomic E-state index is 0.444. The highest BCUT2D eigenvalue weighted by Gasteiger charge is 2.15. The molecular formula is C18H22BrNO. The summed E-state index contributed by atoms with van der Waals surface area (Å²) in [5.74, 6) is 1.35. The molecule has 0 aliphatic rings. The van der Waals surface area contributed by atoms with E-state index in [0.29, 0.717) is 5.92 Å². The Labute approximate surface area is 135 Å². The second-order valence-electron chi connectivity index (χ2n) is 5.27. The van der Waals surface area contributed by atoms with Crippen molar-refractivity contribution < 1.29 is 4.74 Å². The molecule has 112 valence electrons. The molecule has 1 atom stereocenters. The van der Waals surface area contributed by atoms with Gasteiger partial charge < -0.3 is 10.1 Å². The fourth-order valence-electron chi connectivity index (χ4n) is 2.68. The molecule has 0 saturated carbocycles. The normalized spacial score (nSPS) is 12.2. The van der Waals surface area contributed by atoms with Crippen molar-refractivity contribution in [3.8, 4) is 5.75 Å². The Bertz CT molecular complexity index is 598. The summed E-state index contributed by atoms with van der Waals surface area (Å²) in [7, 11) is 3.71. The maximum atomic E-state index is 5.34. The highest BCUT2D eigenvalue weighted by Crippen LogP contribution is 2.29. The van der Waals surface area contributed by atoms with Crippen LogP contribution < -0.4 is 10.1 Å². The first-order chi connectivity index (χ1) is 10.2. The van der Waals surface area contributed by atoms with Crippen LogP contribution in [0.4, 0.5) is 0 Å². The lowest BCUT2D eigenvalue weighted by molar-refractivity contribution is 0.414. The molecule has 0 aromatic heterocycles. The van der Waals surface area contributed by atoms with Crippen LogP contribution in [0.2, 0.25) is 0 Å². The van der Waals surface area contributed by atoms with Gasteiger partial charge in [-0.15, -0.1) is 0 Å². The van der Waals surface area contributed by atoms with Crippen molar-refractivity contribution in [2.45, 2.75) is 19.3 Å². The summed E-state index contributed by atoms with van der Waals surface area (Å²) in [4.78, 5) is 0. The molecule has 1 unspecified atom stereocenters. The van der Waals surface area contributed by atoms with Crippen molar-refractivity contribution in [3.63, 3.8) is 0 Å². The van der Waals surface area contributed by atoms with Crippen LogP contribution in [0.5, 0.6) is 5.75 Å². The molecule has 21 heavy (non-hydrogen) atoms. The number of hydrogen-bond acceptors (Lipinski definition) is 2. The van der Waals surface area contributed by atoms with Crippen molar-refractivity contribution in [1.29, 1.82) is 0 Å². The van der Waals surface area contributed by atoms with Crippen LogP contribution >= 0.6 is 15.9 Å².